The van der Waals surface area contributed by atoms with Gasteiger partial charge in [0.05, 0.1) is 0 Å². The maximum atomic E-state index is 4.43. The van der Waals surface area contributed by atoms with Crippen LogP contribution >= 0.6 is 0 Å². The van der Waals surface area contributed by atoms with Gasteiger partial charge in [0, 0.05) is 51.7 Å². The van der Waals surface area contributed by atoms with Gasteiger partial charge in [-0.1, -0.05) is 19.8 Å². The minimum Gasteiger partial charge on any atom is -0.338 e. The maximum Gasteiger partial charge on any atom is 0.108 e. The van der Waals surface area contributed by atoms with Crippen molar-refractivity contribution in [2.24, 2.45) is 14.1 Å². The molecule has 0 aliphatic rings. The molecule has 0 fully saturated rings. The molecule has 2 aromatic heterocycles. The molecule has 0 saturated carbocycles. The van der Waals surface area contributed by atoms with Crippen molar-refractivity contribution < 1.29 is 0 Å². The first kappa shape index (κ1) is 18.7. The van der Waals surface area contributed by atoms with E-state index in [0.717, 1.165) is 25.9 Å². The van der Waals surface area contributed by atoms with Gasteiger partial charge in [-0.3, -0.25) is 0 Å². The zero-order valence-electron chi connectivity index (χ0n) is 15.6. The van der Waals surface area contributed by atoms with E-state index in [1.165, 1.54) is 50.3 Å². The summed E-state index contributed by atoms with van der Waals surface area (Å²) in [5.41, 5.74) is 0. The van der Waals surface area contributed by atoms with E-state index in [4.69, 9.17) is 0 Å². The third-order valence-electron chi connectivity index (χ3n) is 4.67. The number of aromatic nitrogens is 4. The lowest BCUT2D eigenvalue weighted by molar-refractivity contribution is 0.260. The number of imidazole rings is 2. The summed E-state index contributed by atoms with van der Waals surface area (Å²) in [5, 5.41) is 0. The average Bonchev–Trinajstić information content (AvgIpc) is 3.16. The molecule has 0 bridgehead atoms. The fraction of sp³-hybridized carbons (Fsp3) is 0.684. The Morgan fingerprint density at radius 2 is 1.29 bits per heavy atom. The van der Waals surface area contributed by atoms with E-state index in [1.807, 2.05) is 24.8 Å². The van der Waals surface area contributed by atoms with Crippen LogP contribution in [0.5, 0.6) is 0 Å². The van der Waals surface area contributed by atoms with Crippen LogP contribution in [0.1, 0.15) is 50.7 Å². The molecule has 0 radical (unpaired) electrons. The fourth-order valence-electron chi connectivity index (χ4n) is 3.12. The molecule has 5 heteroatoms. The van der Waals surface area contributed by atoms with Crippen molar-refractivity contribution in [1.82, 2.24) is 24.0 Å². The molecule has 0 aliphatic heterocycles. The quantitative estimate of drug-likeness (QED) is 0.561. The fourth-order valence-corrected chi connectivity index (χ4v) is 3.12. The third-order valence-corrected chi connectivity index (χ3v) is 4.67. The molecule has 0 atom stereocenters. The van der Waals surface area contributed by atoms with Gasteiger partial charge in [-0.15, -0.1) is 0 Å². The largest absolute Gasteiger partial charge is 0.338 e. The van der Waals surface area contributed by atoms with Gasteiger partial charge in [0.25, 0.3) is 0 Å². The number of nitrogens with zero attached hydrogens (tertiary/aromatic N) is 5. The van der Waals surface area contributed by atoms with E-state index < -0.39 is 0 Å². The van der Waals surface area contributed by atoms with Crippen molar-refractivity contribution >= 4 is 0 Å². The van der Waals surface area contributed by atoms with E-state index in [-0.39, 0.29) is 0 Å². The van der Waals surface area contributed by atoms with E-state index in [1.54, 1.807) is 0 Å². The molecule has 0 amide bonds. The Kier molecular flexibility index (Phi) is 8.02. The Bertz CT molecular complexity index is 526. The number of unbranched alkanes of at least 4 members (excludes halogenated alkanes) is 2. The monoisotopic (exact) mass is 331 g/mol. The number of aryl methyl sites for hydroxylation is 4. The number of hydrogen-bond donors (Lipinski definition) is 0. The highest BCUT2D eigenvalue weighted by Gasteiger charge is 2.07. The van der Waals surface area contributed by atoms with Crippen LogP contribution in [0.3, 0.4) is 0 Å². The van der Waals surface area contributed by atoms with Crippen LogP contribution in [0.4, 0.5) is 0 Å². The third kappa shape index (κ3) is 6.11. The van der Waals surface area contributed by atoms with Gasteiger partial charge < -0.3 is 14.0 Å². The first-order chi connectivity index (χ1) is 11.7. The second-order valence-electron chi connectivity index (χ2n) is 6.66. The van der Waals surface area contributed by atoms with Crippen LogP contribution in [-0.2, 0) is 26.9 Å². The first-order valence-electron chi connectivity index (χ1n) is 9.35. The van der Waals surface area contributed by atoms with Crippen LogP contribution < -0.4 is 0 Å². The Labute approximate surface area is 146 Å². The molecule has 2 aromatic rings. The van der Waals surface area contributed by atoms with E-state index >= 15 is 0 Å². The van der Waals surface area contributed by atoms with Gasteiger partial charge in [-0.05, 0) is 38.9 Å². The van der Waals surface area contributed by atoms with Crippen LogP contribution in [-0.4, -0.2) is 43.6 Å². The lowest BCUT2D eigenvalue weighted by Gasteiger charge is -2.22. The molecular weight excluding hydrogens is 298 g/mol. The highest BCUT2D eigenvalue weighted by Crippen LogP contribution is 2.06. The van der Waals surface area contributed by atoms with Crippen molar-refractivity contribution in [3.05, 3.63) is 36.4 Å². The Hall–Kier alpha value is -1.62. The van der Waals surface area contributed by atoms with E-state index in [9.17, 15) is 0 Å². The highest BCUT2D eigenvalue weighted by molar-refractivity contribution is 4.92. The van der Waals surface area contributed by atoms with Gasteiger partial charge in [0.1, 0.15) is 11.6 Å². The molecule has 24 heavy (non-hydrogen) atoms. The maximum absolute atomic E-state index is 4.43. The molecule has 2 rings (SSSR count). The van der Waals surface area contributed by atoms with Crippen LogP contribution in [0.2, 0.25) is 0 Å². The average molecular weight is 332 g/mol. The molecule has 0 saturated heterocycles. The lowest BCUT2D eigenvalue weighted by Crippen LogP contribution is -2.28. The topological polar surface area (TPSA) is 38.9 Å². The zero-order valence-corrected chi connectivity index (χ0v) is 15.6. The summed E-state index contributed by atoms with van der Waals surface area (Å²) in [6, 6.07) is 0. The minimum atomic E-state index is 1.06. The molecule has 2 heterocycles. The second kappa shape index (κ2) is 10.3. The Balaban J connectivity index is 1.73. The summed E-state index contributed by atoms with van der Waals surface area (Å²) in [6.07, 6.45) is 16.2. The van der Waals surface area contributed by atoms with Gasteiger partial charge in [-0.2, -0.15) is 0 Å². The van der Waals surface area contributed by atoms with Gasteiger partial charge in [0.2, 0.25) is 0 Å². The smallest absolute Gasteiger partial charge is 0.108 e. The van der Waals surface area contributed by atoms with E-state index in [2.05, 4.69) is 45.0 Å². The predicted molar refractivity (Wildman–Crippen MR) is 99.0 cm³/mol. The summed E-state index contributed by atoms with van der Waals surface area (Å²) < 4.78 is 4.25. The van der Waals surface area contributed by atoms with Crippen molar-refractivity contribution in [1.29, 1.82) is 0 Å². The SMILES string of the molecule is CCCCCN(CCCc1nccn1C)CCCc1nccn1C. The Morgan fingerprint density at radius 3 is 1.71 bits per heavy atom. The summed E-state index contributed by atoms with van der Waals surface area (Å²) in [4.78, 5) is 11.5. The van der Waals surface area contributed by atoms with Crippen molar-refractivity contribution in [2.75, 3.05) is 19.6 Å². The lowest BCUT2D eigenvalue weighted by atomic mass is 10.2. The Morgan fingerprint density at radius 1 is 0.792 bits per heavy atom. The summed E-state index contributed by atoms with van der Waals surface area (Å²) in [7, 11) is 4.16. The minimum absolute atomic E-state index is 1.06. The zero-order chi connectivity index (χ0) is 17.2. The van der Waals surface area contributed by atoms with Crippen molar-refractivity contribution in [3.63, 3.8) is 0 Å². The summed E-state index contributed by atoms with van der Waals surface area (Å²) in [5.74, 6) is 2.38. The number of hydrogen-bond acceptors (Lipinski definition) is 3. The van der Waals surface area contributed by atoms with Crippen LogP contribution in [0.15, 0.2) is 24.8 Å². The molecule has 134 valence electrons. The van der Waals surface area contributed by atoms with Crippen molar-refractivity contribution in [3.8, 4) is 0 Å². The molecule has 5 nitrogen and oxygen atoms in total. The molecule has 0 aliphatic carbocycles. The molecular formula is C19H33N5. The molecule has 0 unspecified atom stereocenters. The highest BCUT2D eigenvalue weighted by atomic mass is 15.1. The molecule has 0 N–H and O–H groups in total. The van der Waals surface area contributed by atoms with Crippen molar-refractivity contribution in [2.45, 2.75) is 51.9 Å². The van der Waals surface area contributed by atoms with Crippen LogP contribution in [0.25, 0.3) is 0 Å². The number of rotatable bonds is 12. The molecule has 0 aromatic carbocycles. The van der Waals surface area contributed by atoms with Gasteiger partial charge in [-0.25, -0.2) is 9.97 Å². The first-order valence-corrected chi connectivity index (χ1v) is 9.35. The second-order valence-corrected chi connectivity index (χ2v) is 6.66. The normalized spacial score (nSPS) is 11.5. The summed E-state index contributed by atoms with van der Waals surface area (Å²) in [6.45, 7) is 5.82. The molecule has 0 spiro atoms. The standard InChI is InChI=1S/C19H33N5/c1-4-5-6-13-24(14-7-9-18-20-11-16-22(18)2)15-8-10-19-21-12-17-23(19)3/h11-12,16-17H,4-10,13-15H2,1-3H3. The van der Waals surface area contributed by atoms with Crippen LogP contribution in [0, 0.1) is 0 Å². The summed E-state index contributed by atoms with van der Waals surface area (Å²) >= 11 is 0. The van der Waals surface area contributed by atoms with Gasteiger partial charge in [0.15, 0.2) is 0 Å². The van der Waals surface area contributed by atoms with E-state index in [0.29, 0.717) is 0 Å². The predicted octanol–water partition coefficient (Wildman–Crippen LogP) is 3.21. The van der Waals surface area contributed by atoms with Gasteiger partial charge >= 0.3 is 0 Å².